The number of amides is 2. The number of anilines is 2. The number of fused-ring (bicyclic) bond motifs is 1. The Hall–Kier alpha value is -2.54. The molecule has 0 atom stereocenters. The molecule has 5 nitrogen and oxygen atoms in total. The van der Waals surface area contributed by atoms with Crippen LogP contribution in [0.4, 0.5) is 16.2 Å². The van der Waals surface area contributed by atoms with E-state index in [4.69, 9.17) is 23.2 Å². The van der Waals surface area contributed by atoms with Gasteiger partial charge >= 0.3 is 6.03 Å². The Morgan fingerprint density at radius 1 is 1.04 bits per heavy atom. The van der Waals surface area contributed by atoms with E-state index >= 15 is 0 Å². The van der Waals surface area contributed by atoms with Gasteiger partial charge in [-0.05, 0) is 30.3 Å². The quantitative estimate of drug-likeness (QED) is 0.440. The van der Waals surface area contributed by atoms with Crippen molar-refractivity contribution in [3.8, 4) is 11.3 Å². The standard InChI is InChI=1S/C18H12Cl2N4OS/c19-14-5-4-13(9-15(14)20)22-17(25)21-12-3-1-2-11(8-12)16-10-24-6-7-26-18(24)23-16/h1-10H,(H2,21,22,25). The van der Waals surface area contributed by atoms with Crippen LogP contribution in [-0.2, 0) is 0 Å². The van der Waals surface area contributed by atoms with Crippen LogP contribution in [0.2, 0.25) is 10.0 Å². The van der Waals surface area contributed by atoms with Gasteiger partial charge in [0, 0.05) is 34.7 Å². The van der Waals surface area contributed by atoms with Crippen LogP contribution in [-0.4, -0.2) is 15.4 Å². The number of halogens is 2. The lowest BCUT2D eigenvalue weighted by atomic mass is 10.1. The van der Waals surface area contributed by atoms with E-state index in [1.165, 1.54) is 0 Å². The summed E-state index contributed by atoms with van der Waals surface area (Å²) in [4.78, 5) is 17.7. The van der Waals surface area contributed by atoms with Crippen molar-refractivity contribution >= 4 is 56.9 Å². The van der Waals surface area contributed by atoms with Gasteiger partial charge in [-0.2, -0.15) is 0 Å². The number of urea groups is 1. The highest BCUT2D eigenvalue weighted by Crippen LogP contribution is 2.26. The van der Waals surface area contributed by atoms with Gasteiger partial charge in [-0.1, -0.05) is 35.3 Å². The Bertz CT molecular complexity index is 1080. The van der Waals surface area contributed by atoms with Gasteiger partial charge in [-0.3, -0.25) is 4.40 Å². The number of hydrogen-bond donors (Lipinski definition) is 2. The van der Waals surface area contributed by atoms with Gasteiger partial charge in [0.1, 0.15) is 0 Å². The van der Waals surface area contributed by atoms with E-state index in [9.17, 15) is 4.79 Å². The lowest BCUT2D eigenvalue weighted by molar-refractivity contribution is 0.262. The first kappa shape index (κ1) is 16.9. The molecule has 0 fully saturated rings. The molecule has 2 heterocycles. The van der Waals surface area contributed by atoms with Crippen LogP contribution in [0.15, 0.2) is 60.2 Å². The zero-order chi connectivity index (χ0) is 18.1. The summed E-state index contributed by atoms with van der Waals surface area (Å²) in [5.74, 6) is 0. The van der Waals surface area contributed by atoms with E-state index < -0.39 is 0 Å². The summed E-state index contributed by atoms with van der Waals surface area (Å²) in [5.41, 5.74) is 3.00. The van der Waals surface area contributed by atoms with E-state index in [1.54, 1.807) is 29.5 Å². The molecular weight excluding hydrogens is 391 g/mol. The third-order valence-electron chi connectivity index (χ3n) is 3.69. The lowest BCUT2D eigenvalue weighted by Gasteiger charge is -2.09. The Morgan fingerprint density at radius 2 is 1.85 bits per heavy atom. The average molecular weight is 403 g/mol. The van der Waals surface area contributed by atoms with Gasteiger partial charge in [0.05, 0.1) is 15.7 Å². The highest BCUT2D eigenvalue weighted by Gasteiger charge is 2.08. The number of hydrogen-bond acceptors (Lipinski definition) is 3. The van der Waals surface area contributed by atoms with Crippen molar-refractivity contribution in [3.63, 3.8) is 0 Å². The van der Waals surface area contributed by atoms with Crippen molar-refractivity contribution in [1.82, 2.24) is 9.38 Å². The Balaban J connectivity index is 1.50. The zero-order valence-corrected chi connectivity index (χ0v) is 15.6. The normalized spacial score (nSPS) is 10.8. The maximum absolute atomic E-state index is 12.2. The number of aromatic nitrogens is 2. The molecule has 0 saturated heterocycles. The number of imidazole rings is 1. The average Bonchev–Trinajstić information content (AvgIpc) is 3.20. The van der Waals surface area contributed by atoms with Crippen LogP contribution in [0.25, 0.3) is 16.2 Å². The monoisotopic (exact) mass is 402 g/mol. The third-order valence-corrected chi connectivity index (χ3v) is 5.20. The molecule has 0 radical (unpaired) electrons. The van der Waals surface area contributed by atoms with Gasteiger partial charge in [0.15, 0.2) is 4.96 Å². The minimum absolute atomic E-state index is 0.369. The van der Waals surface area contributed by atoms with Gasteiger partial charge in [0.2, 0.25) is 0 Å². The molecule has 2 aromatic heterocycles. The van der Waals surface area contributed by atoms with Crippen molar-refractivity contribution in [2.24, 2.45) is 0 Å². The summed E-state index contributed by atoms with van der Waals surface area (Å²) in [7, 11) is 0. The number of carbonyl (C=O) groups excluding carboxylic acids is 1. The molecule has 4 rings (SSSR count). The van der Waals surface area contributed by atoms with Crippen molar-refractivity contribution in [3.05, 3.63) is 70.3 Å². The molecule has 4 aromatic rings. The van der Waals surface area contributed by atoms with E-state index in [0.717, 1.165) is 16.2 Å². The van der Waals surface area contributed by atoms with Crippen LogP contribution >= 0.6 is 34.5 Å². The fourth-order valence-electron chi connectivity index (χ4n) is 2.49. The molecule has 0 aliphatic heterocycles. The minimum Gasteiger partial charge on any atom is -0.308 e. The van der Waals surface area contributed by atoms with Crippen LogP contribution in [0, 0.1) is 0 Å². The summed E-state index contributed by atoms with van der Waals surface area (Å²) in [6.07, 6.45) is 3.92. The van der Waals surface area contributed by atoms with Crippen LogP contribution in [0.5, 0.6) is 0 Å². The predicted molar refractivity (Wildman–Crippen MR) is 108 cm³/mol. The summed E-state index contributed by atoms with van der Waals surface area (Å²) in [6.45, 7) is 0. The molecule has 2 amide bonds. The Labute approximate surface area is 163 Å². The molecule has 0 bridgehead atoms. The number of rotatable bonds is 3. The molecule has 0 aliphatic rings. The number of benzene rings is 2. The van der Waals surface area contributed by atoms with Crippen molar-refractivity contribution < 1.29 is 4.79 Å². The molecule has 0 spiro atoms. The Morgan fingerprint density at radius 3 is 2.62 bits per heavy atom. The summed E-state index contributed by atoms with van der Waals surface area (Å²) in [5, 5.41) is 8.33. The zero-order valence-electron chi connectivity index (χ0n) is 13.2. The number of thiazole rings is 1. The number of nitrogens with zero attached hydrogens (tertiary/aromatic N) is 2. The van der Waals surface area contributed by atoms with Gasteiger partial charge < -0.3 is 10.6 Å². The number of nitrogens with one attached hydrogen (secondary N) is 2. The number of carbonyl (C=O) groups is 1. The van der Waals surface area contributed by atoms with E-state index in [1.807, 2.05) is 46.4 Å². The second-order valence-electron chi connectivity index (χ2n) is 5.51. The minimum atomic E-state index is -0.369. The van der Waals surface area contributed by atoms with E-state index in [0.29, 0.717) is 21.4 Å². The molecular formula is C18H12Cl2N4OS. The predicted octanol–water partition coefficient (Wildman–Crippen LogP) is 6.01. The first-order valence-electron chi connectivity index (χ1n) is 7.64. The summed E-state index contributed by atoms with van der Waals surface area (Å²) >= 11 is 13.4. The molecule has 0 unspecified atom stereocenters. The highest BCUT2D eigenvalue weighted by molar-refractivity contribution is 7.15. The molecule has 0 saturated carbocycles. The van der Waals surface area contributed by atoms with Gasteiger partial charge in [-0.15, -0.1) is 11.3 Å². The van der Waals surface area contributed by atoms with Crippen molar-refractivity contribution in [2.75, 3.05) is 10.6 Å². The summed E-state index contributed by atoms with van der Waals surface area (Å²) < 4.78 is 1.97. The fraction of sp³-hybridized carbons (Fsp3) is 0. The molecule has 8 heteroatoms. The topological polar surface area (TPSA) is 58.4 Å². The second-order valence-corrected chi connectivity index (χ2v) is 7.20. The largest absolute Gasteiger partial charge is 0.323 e. The second kappa shape index (κ2) is 6.99. The highest BCUT2D eigenvalue weighted by atomic mass is 35.5. The lowest BCUT2D eigenvalue weighted by Crippen LogP contribution is -2.19. The van der Waals surface area contributed by atoms with Crippen LogP contribution in [0.1, 0.15) is 0 Å². The first-order valence-corrected chi connectivity index (χ1v) is 9.28. The van der Waals surface area contributed by atoms with Crippen molar-refractivity contribution in [2.45, 2.75) is 0 Å². The van der Waals surface area contributed by atoms with Crippen molar-refractivity contribution in [1.29, 1.82) is 0 Å². The van der Waals surface area contributed by atoms with Gasteiger partial charge in [0.25, 0.3) is 0 Å². The maximum atomic E-state index is 12.2. The summed E-state index contributed by atoms with van der Waals surface area (Å²) in [6, 6.07) is 12.1. The van der Waals surface area contributed by atoms with Crippen LogP contribution in [0.3, 0.4) is 0 Å². The Kier molecular flexibility index (Phi) is 4.55. The third kappa shape index (κ3) is 3.53. The van der Waals surface area contributed by atoms with Crippen LogP contribution < -0.4 is 10.6 Å². The van der Waals surface area contributed by atoms with E-state index in [-0.39, 0.29) is 6.03 Å². The fourth-order valence-corrected chi connectivity index (χ4v) is 3.49. The van der Waals surface area contributed by atoms with Gasteiger partial charge in [-0.25, -0.2) is 9.78 Å². The molecule has 26 heavy (non-hydrogen) atoms. The first-order chi connectivity index (χ1) is 12.6. The van der Waals surface area contributed by atoms with E-state index in [2.05, 4.69) is 15.6 Å². The smallest absolute Gasteiger partial charge is 0.308 e. The maximum Gasteiger partial charge on any atom is 0.323 e. The molecule has 2 N–H and O–H groups in total. The molecule has 130 valence electrons. The SMILES string of the molecule is O=C(Nc1cccc(-c2cn3ccsc3n2)c1)Nc1ccc(Cl)c(Cl)c1. The molecule has 2 aromatic carbocycles. The molecule has 0 aliphatic carbocycles.